The molecule has 0 radical (unpaired) electrons. The van der Waals surface area contributed by atoms with Crippen molar-refractivity contribution in [3.05, 3.63) is 35.4 Å². The molecule has 26 heavy (non-hydrogen) atoms. The fourth-order valence-corrected chi connectivity index (χ4v) is 6.18. The Hall–Kier alpha value is -1.29. The van der Waals surface area contributed by atoms with Crippen molar-refractivity contribution in [1.82, 2.24) is 0 Å². The summed E-state index contributed by atoms with van der Waals surface area (Å²) in [4.78, 5) is 11.5. The third-order valence-electron chi connectivity index (χ3n) is 7.26. The van der Waals surface area contributed by atoms with Crippen molar-refractivity contribution < 1.29 is 15.0 Å². The van der Waals surface area contributed by atoms with Crippen molar-refractivity contribution in [3.63, 3.8) is 0 Å². The number of fused-ring (bicyclic) bond motifs is 1. The van der Waals surface area contributed by atoms with Gasteiger partial charge in [-0.05, 0) is 72.5 Å². The van der Waals surface area contributed by atoms with Crippen LogP contribution in [0.25, 0.3) is 0 Å². The van der Waals surface area contributed by atoms with Crippen LogP contribution in [0.4, 0.5) is 0 Å². The highest BCUT2D eigenvalue weighted by molar-refractivity contribution is 9.09. The van der Waals surface area contributed by atoms with Gasteiger partial charge in [0.05, 0.1) is 5.56 Å². The SMILES string of the molecule is C=C1CC[C@@H]2C(C)(C)[C@@H](Br)CC[C@]2(C)[C@@H]1Cc1cc(O)c(C=O)cc1O. The number of aromatic hydroxyl groups is 2. The highest BCUT2D eigenvalue weighted by atomic mass is 79.9. The fraction of sp³-hybridized carbons (Fsp3) is 0.591. The van der Waals surface area contributed by atoms with Crippen LogP contribution >= 0.6 is 15.9 Å². The molecule has 0 unspecified atom stereocenters. The van der Waals surface area contributed by atoms with Gasteiger partial charge in [-0.3, -0.25) is 4.79 Å². The lowest BCUT2D eigenvalue weighted by atomic mass is 9.47. The third kappa shape index (κ3) is 3.00. The zero-order valence-corrected chi connectivity index (χ0v) is 17.5. The molecule has 3 rings (SSSR count). The van der Waals surface area contributed by atoms with Crippen LogP contribution in [0.2, 0.25) is 0 Å². The summed E-state index contributed by atoms with van der Waals surface area (Å²) in [6.45, 7) is 11.5. The van der Waals surface area contributed by atoms with Crippen LogP contribution in [0.3, 0.4) is 0 Å². The average molecular weight is 421 g/mol. The maximum atomic E-state index is 11.0. The van der Waals surface area contributed by atoms with E-state index in [1.807, 2.05) is 0 Å². The maximum absolute atomic E-state index is 11.0. The van der Waals surface area contributed by atoms with Crippen LogP contribution < -0.4 is 0 Å². The van der Waals surface area contributed by atoms with E-state index in [0.717, 1.165) is 25.7 Å². The molecule has 2 N–H and O–H groups in total. The monoisotopic (exact) mass is 420 g/mol. The van der Waals surface area contributed by atoms with Crippen molar-refractivity contribution >= 4 is 22.2 Å². The van der Waals surface area contributed by atoms with Gasteiger partial charge < -0.3 is 10.2 Å². The van der Waals surface area contributed by atoms with Crippen molar-refractivity contribution in [2.24, 2.45) is 22.7 Å². The second-order valence-corrected chi connectivity index (χ2v) is 10.1. The summed E-state index contributed by atoms with van der Waals surface area (Å²) in [5.41, 5.74) is 2.39. The quantitative estimate of drug-likeness (QED) is 0.288. The second kappa shape index (κ2) is 6.70. The molecule has 4 atom stereocenters. The van der Waals surface area contributed by atoms with E-state index < -0.39 is 0 Å². The van der Waals surface area contributed by atoms with Crippen LogP contribution in [0.5, 0.6) is 11.5 Å². The predicted octanol–water partition coefficient (Wildman–Crippen LogP) is 5.63. The molecule has 4 heteroatoms. The van der Waals surface area contributed by atoms with Gasteiger partial charge in [0.15, 0.2) is 6.29 Å². The number of benzene rings is 1. The number of aldehydes is 1. The fourth-order valence-electron chi connectivity index (χ4n) is 5.63. The zero-order chi connectivity index (χ0) is 19.3. The molecule has 1 aromatic carbocycles. The lowest BCUT2D eigenvalue weighted by Crippen LogP contribution is -2.53. The van der Waals surface area contributed by atoms with Crippen molar-refractivity contribution in [1.29, 1.82) is 0 Å². The Kier molecular flexibility index (Phi) is 5.02. The number of phenols is 2. The van der Waals surface area contributed by atoms with E-state index in [9.17, 15) is 15.0 Å². The number of allylic oxidation sites excluding steroid dienone is 1. The molecule has 0 aromatic heterocycles. The summed E-state index contributed by atoms with van der Waals surface area (Å²) in [5, 5.41) is 20.4. The number of rotatable bonds is 3. The first-order valence-electron chi connectivity index (χ1n) is 9.43. The van der Waals surface area contributed by atoms with E-state index in [1.165, 1.54) is 11.6 Å². The van der Waals surface area contributed by atoms with Crippen LogP contribution in [0.1, 0.15) is 62.4 Å². The molecule has 0 aliphatic heterocycles. The second-order valence-electron chi connectivity index (χ2n) is 9.00. The summed E-state index contributed by atoms with van der Waals surface area (Å²) in [6, 6.07) is 2.91. The largest absolute Gasteiger partial charge is 0.508 e. The first kappa shape index (κ1) is 19.5. The molecule has 2 aliphatic carbocycles. The van der Waals surface area contributed by atoms with Crippen LogP contribution in [-0.2, 0) is 6.42 Å². The van der Waals surface area contributed by atoms with Gasteiger partial charge in [-0.25, -0.2) is 0 Å². The van der Waals surface area contributed by atoms with Gasteiger partial charge in [-0.2, -0.15) is 0 Å². The normalized spacial score (nSPS) is 33.5. The first-order valence-corrected chi connectivity index (χ1v) is 10.3. The van der Waals surface area contributed by atoms with Crippen LogP contribution in [0, 0.1) is 22.7 Å². The highest BCUT2D eigenvalue weighted by Crippen LogP contribution is 2.62. The Morgan fingerprint density at radius 3 is 2.58 bits per heavy atom. The Labute approximate surface area is 164 Å². The minimum Gasteiger partial charge on any atom is -0.508 e. The Morgan fingerprint density at radius 2 is 1.92 bits per heavy atom. The van der Waals surface area contributed by atoms with Gasteiger partial charge in [0, 0.05) is 4.83 Å². The van der Waals surface area contributed by atoms with Crippen LogP contribution in [0.15, 0.2) is 24.3 Å². The van der Waals surface area contributed by atoms with E-state index in [-0.39, 0.29) is 33.8 Å². The van der Waals surface area contributed by atoms with E-state index in [2.05, 4.69) is 43.3 Å². The standard InChI is InChI=1S/C22H29BrO3/c1-13-5-6-19-21(2,3)20(23)7-8-22(19,4)16(13)9-14-10-18(26)15(12-24)11-17(14)25/h10-12,16,19-20,25-26H,1,5-9H2,2-4H3/t16-,19-,20+,22-/m1/s1. The molecule has 142 valence electrons. The van der Waals surface area contributed by atoms with Gasteiger partial charge >= 0.3 is 0 Å². The molecule has 2 fully saturated rings. The molecule has 3 nitrogen and oxygen atoms in total. The summed E-state index contributed by atoms with van der Waals surface area (Å²) in [7, 11) is 0. The van der Waals surface area contributed by atoms with Crippen LogP contribution in [-0.4, -0.2) is 21.3 Å². The van der Waals surface area contributed by atoms with E-state index in [4.69, 9.17) is 0 Å². The molecule has 2 saturated carbocycles. The topological polar surface area (TPSA) is 57.5 Å². The van der Waals surface area contributed by atoms with E-state index in [1.54, 1.807) is 6.07 Å². The maximum Gasteiger partial charge on any atom is 0.153 e. The molecular weight excluding hydrogens is 392 g/mol. The van der Waals surface area contributed by atoms with Gasteiger partial charge in [-0.1, -0.05) is 48.9 Å². The molecule has 0 spiro atoms. The minimum atomic E-state index is -0.0691. The molecule has 2 aliphatic rings. The lowest BCUT2D eigenvalue weighted by Gasteiger charge is -2.59. The number of hydrogen-bond donors (Lipinski definition) is 2. The molecule has 0 bridgehead atoms. The smallest absolute Gasteiger partial charge is 0.153 e. The Balaban J connectivity index is 1.97. The minimum absolute atomic E-state index is 0.0691. The number of phenolic OH excluding ortho intramolecular Hbond substituents is 2. The third-order valence-corrected chi connectivity index (χ3v) is 8.90. The average Bonchev–Trinajstić information content (AvgIpc) is 2.57. The van der Waals surface area contributed by atoms with Crippen molar-refractivity contribution in [2.45, 2.75) is 57.7 Å². The van der Waals surface area contributed by atoms with Gasteiger partial charge in [0.1, 0.15) is 11.5 Å². The van der Waals surface area contributed by atoms with Gasteiger partial charge in [-0.15, -0.1) is 0 Å². The molecule has 0 saturated heterocycles. The summed E-state index contributed by atoms with van der Waals surface area (Å²) < 4.78 is 0. The first-order chi connectivity index (χ1) is 12.1. The van der Waals surface area contributed by atoms with E-state index in [0.29, 0.717) is 29.0 Å². The lowest BCUT2D eigenvalue weighted by molar-refractivity contribution is -0.0461. The number of carbonyl (C=O) groups excluding carboxylic acids is 1. The molecular formula is C22H29BrO3. The molecule has 1 aromatic rings. The van der Waals surface area contributed by atoms with Crippen molar-refractivity contribution in [2.75, 3.05) is 0 Å². The number of halogens is 1. The Morgan fingerprint density at radius 1 is 1.23 bits per heavy atom. The molecule has 0 amide bonds. The van der Waals surface area contributed by atoms with Gasteiger partial charge in [0.25, 0.3) is 0 Å². The predicted molar refractivity (Wildman–Crippen MR) is 108 cm³/mol. The Bertz CT molecular complexity index is 739. The zero-order valence-electron chi connectivity index (χ0n) is 15.9. The van der Waals surface area contributed by atoms with Crippen molar-refractivity contribution in [3.8, 4) is 11.5 Å². The summed E-state index contributed by atoms with van der Waals surface area (Å²) in [6.07, 6.45) is 5.63. The summed E-state index contributed by atoms with van der Waals surface area (Å²) in [5.74, 6) is 0.846. The number of hydrogen-bond acceptors (Lipinski definition) is 3. The van der Waals surface area contributed by atoms with E-state index >= 15 is 0 Å². The number of carbonyl (C=O) groups is 1. The highest BCUT2D eigenvalue weighted by Gasteiger charge is 2.55. The van der Waals surface area contributed by atoms with Gasteiger partial charge in [0.2, 0.25) is 0 Å². The number of alkyl halides is 1. The molecule has 0 heterocycles. The summed E-state index contributed by atoms with van der Waals surface area (Å²) >= 11 is 3.91.